The van der Waals surface area contributed by atoms with Crippen molar-refractivity contribution in [2.24, 2.45) is 0 Å². The van der Waals surface area contributed by atoms with Crippen molar-refractivity contribution in [3.05, 3.63) is 240 Å². The van der Waals surface area contributed by atoms with Gasteiger partial charge < -0.3 is 5.32 Å². The average molecular weight is 702 g/mol. The molecule has 0 amide bonds. The molecule has 4 aromatic carbocycles. The van der Waals surface area contributed by atoms with Crippen molar-refractivity contribution < 1.29 is 0 Å². The third kappa shape index (κ3) is 9.82. The highest BCUT2D eigenvalue weighted by molar-refractivity contribution is 5.71. The maximum atomic E-state index is 4.24. The molecule has 0 bridgehead atoms. The predicted octanol–water partition coefficient (Wildman–Crippen LogP) is 14.0. The number of benzene rings is 4. The summed E-state index contributed by atoms with van der Waals surface area (Å²) in [5.41, 5.74) is 14.2. The van der Waals surface area contributed by atoms with Crippen LogP contribution in [0.2, 0.25) is 0 Å². The van der Waals surface area contributed by atoms with Crippen molar-refractivity contribution in [1.29, 1.82) is 0 Å². The van der Waals surface area contributed by atoms with Crippen LogP contribution in [0.3, 0.4) is 0 Å². The van der Waals surface area contributed by atoms with Crippen molar-refractivity contribution in [2.75, 3.05) is 0 Å². The molecule has 0 spiro atoms. The van der Waals surface area contributed by atoms with E-state index in [1.165, 1.54) is 44.5 Å². The molecule has 4 aromatic rings. The number of rotatable bonds is 13. The van der Waals surface area contributed by atoms with Gasteiger partial charge in [0.15, 0.2) is 0 Å². The fourth-order valence-electron chi connectivity index (χ4n) is 7.22. The highest BCUT2D eigenvalue weighted by Crippen LogP contribution is 2.37. The Bertz CT molecular complexity index is 2230. The largest absolute Gasteiger partial charge is 0.356 e. The van der Waals surface area contributed by atoms with E-state index in [2.05, 4.69) is 196 Å². The van der Waals surface area contributed by atoms with Crippen LogP contribution in [0.5, 0.6) is 0 Å². The summed E-state index contributed by atoms with van der Waals surface area (Å²) < 4.78 is 0. The van der Waals surface area contributed by atoms with Crippen molar-refractivity contribution in [3.8, 4) is 11.1 Å². The lowest BCUT2D eigenvalue weighted by atomic mass is 9.74. The molecule has 268 valence electrons. The molecule has 1 nitrogen and oxygen atoms in total. The SMILES string of the molecule is C=C/C=C\c1ccc(/C=C/CC2(C)C/C=C(N/C(C=C)=C/C(=C/c3cccc(-c4ccccc4)c3)C3=CC=CCC3)\C=C/Cc3ccccc32)c(C=C)c1. The minimum Gasteiger partial charge on any atom is -0.356 e. The van der Waals surface area contributed by atoms with Crippen LogP contribution in [0.25, 0.3) is 35.4 Å². The molecule has 1 unspecified atom stereocenters. The van der Waals surface area contributed by atoms with E-state index in [9.17, 15) is 0 Å². The molecule has 0 fully saturated rings. The van der Waals surface area contributed by atoms with Crippen molar-refractivity contribution in [1.82, 2.24) is 5.32 Å². The molecule has 1 N–H and O–H groups in total. The zero-order valence-electron chi connectivity index (χ0n) is 31.6. The Kier molecular flexibility index (Phi) is 12.9. The van der Waals surface area contributed by atoms with Crippen molar-refractivity contribution >= 4 is 24.3 Å². The topological polar surface area (TPSA) is 12.0 Å². The Morgan fingerprint density at radius 2 is 1.65 bits per heavy atom. The first kappa shape index (κ1) is 37.6. The first-order chi connectivity index (χ1) is 26.5. The van der Waals surface area contributed by atoms with Gasteiger partial charge in [0.2, 0.25) is 0 Å². The normalized spacial score (nSPS) is 19.1. The molecule has 0 aliphatic heterocycles. The molecule has 0 radical (unpaired) electrons. The zero-order valence-corrected chi connectivity index (χ0v) is 31.6. The number of hydrogen-bond donors (Lipinski definition) is 1. The number of allylic oxidation sites excluding steroid dienone is 13. The van der Waals surface area contributed by atoms with Crippen LogP contribution in [0.4, 0.5) is 0 Å². The van der Waals surface area contributed by atoms with Crippen LogP contribution >= 0.6 is 0 Å². The van der Waals surface area contributed by atoms with E-state index in [1.807, 2.05) is 18.2 Å². The van der Waals surface area contributed by atoms with Gasteiger partial charge in [-0.15, -0.1) is 0 Å². The minimum atomic E-state index is -0.112. The molecule has 0 saturated heterocycles. The van der Waals surface area contributed by atoms with Gasteiger partial charge in [-0.1, -0.05) is 178 Å². The second-order valence-corrected chi connectivity index (χ2v) is 14.2. The smallest absolute Gasteiger partial charge is 0.0384 e. The molecule has 0 aromatic heterocycles. The Hall–Kier alpha value is -6.18. The Labute approximate surface area is 323 Å². The van der Waals surface area contributed by atoms with E-state index in [0.717, 1.165) is 54.6 Å². The van der Waals surface area contributed by atoms with Gasteiger partial charge in [-0.3, -0.25) is 0 Å². The lowest BCUT2D eigenvalue weighted by Gasteiger charge is -2.30. The van der Waals surface area contributed by atoms with Crippen LogP contribution in [0.1, 0.15) is 66.0 Å². The zero-order chi connectivity index (χ0) is 37.6. The van der Waals surface area contributed by atoms with Gasteiger partial charge in [-0.05, 0) is 130 Å². The summed E-state index contributed by atoms with van der Waals surface area (Å²) >= 11 is 0. The molecule has 0 saturated carbocycles. The molecule has 2 aliphatic carbocycles. The summed E-state index contributed by atoms with van der Waals surface area (Å²) in [6, 6.07) is 34.8. The van der Waals surface area contributed by atoms with Gasteiger partial charge >= 0.3 is 0 Å². The third-order valence-corrected chi connectivity index (χ3v) is 10.2. The van der Waals surface area contributed by atoms with Gasteiger partial charge in [0.05, 0.1) is 0 Å². The summed E-state index contributed by atoms with van der Waals surface area (Å²) in [5, 5.41) is 3.77. The first-order valence-corrected chi connectivity index (χ1v) is 19.0. The van der Waals surface area contributed by atoms with Crippen molar-refractivity contribution in [2.45, 2.75) is 44.4 Å². The van der Waals surface area contributed by atoms with Gasteiger partial charge in [0.1, 0.15) is 0 Å². The van der Waals surface area contributed by atoms with E-state index in [4.69, 9.17) is 0 Å². The van der Waals surface area contributed by atoms with Gasteiger partial charge in [0.25, 0.3) is 0 Å². The van der Waals surface area contributed by atoms with Crippen LogP contribution in [0.15, 0.2) is 206 Å². The van der Waals surface area contributed by atoms with Gasteiger partial charge in [-0.25, -0.2) is 0 Å². The van der Waals surface area contributed by atoms with Crippen molar-refractivity contribution in [3.63, 3.8) is 0 Å². The summed E-state index contributed by atoms with van der Waals surface area (Å²) in [7, 11) is 0. The minimum absolute atomic E-state index is 0.112. The fourth-order valence-corrected chi connectivity index (χ4v) is 7.22. The monoisotopic (exact) mass is 701 g/mol. The molecule has 1 atom stereocenters. The molecule has 54 heavy (non-hydrogen) atoms. The van der Waals surface area contributed by atoms with Crippen LogP contribution in [-0.2, 0) is 11.8 Å². The predicted molar refractivity (Wildman–Crippen MR) is 236 cm³/mol. The fraction of sp³-hybridized carbons (Fsp3) is 0.132. The number of hydrogen-bond acceptors (Lipinski definition) is 1. The quantitative estimate of drug-likeness (QED) is 0.137. The van der Waals surface area contributed by atoms with Crippen LogP contribution in [0, 0.1) is 0 Å². The van der Waals surface area contributed by atoms with Gasteiger partial charge in [0, 0.05) is 11.4 Å². The second-order valence-electron chi connectivity index (χ2n) is 14.2. The van der Waals surface area contributed by atoms with E-state index >= 15 is 0 Å². The third-order valence-electron chi connectivity index (χ3n) is 10.2. The summed E-state index contributed by atoms with van der Waals surface area (Å²) in [5.74, 6) is 0. The Morgan fingerprint density at radius 3 is 2.44 bits per heavy atom. The van der Waals surface area contributed by atoms with E-state index in [-0.39, 0.29) is 5.41 Å². The van der Waals surface area contributed by atoms with E-state index < -0.39 is 0 Å². The summed E-state index contributed by atoms with van der Waals surface area (Å²) in [4.78, 5) is 0. The van der Waals surface area contributed by atoms with E-state index in [0.29, 0.717) is 0 Å². The standard InChI is InChI=1S/C53H51N/c1-5-8-20-41-32-33-46(43(6-2)37-41)29-19-35-53(4)36-34-51(30-18-27-47-26-15-16-31-52(47)53)54-50(7-3)40-49(45-24-13-10-14-25-45)39-42-21-17-28-48(38-42)44-22-11-9-12-23-44/h5-13,15-24,26,28-34,37-40,54H,1-3,14,25,27,35-36H2,4H3/b20-8-,29-19+,30-18-,49-39-,50-40+,51-34+. The lowest BCUT2D eigenvalue weighted by molar-refractivity contribution is 0.481. The van der Waals surface area contributed by atoms with E-state index in [1.54, 1.807) is 6.08 Å². The molecule has 1 heteroatoms. The summed E-state index contributed by atoms with van der Waals surface area (Å²) in [6.45, 7) is 14.5. The molecule has 2 aliphatic rings. The lowest BCUT2D eigenvalue weighted by Crippen LogP contribution is -2.23. The molecular weight excluding hydrogens is 651 g/mol. The Balaban J connectivity index is 1.29. The van der Waals surface area contributed by atoms with Gasteiger partial charge in [-0.2, -0.15) is 0 Å². The first-order valence-electron chi connectivity index (χ1n) is 19.0. The molecule has 0 heterocycles. The van der Waals surface area contributed by atoms with Crippen LogP contribution < -0.4 is 5.32 Å². The maximum absolute atomic E-state index is 4.24. The highest BCUT2D eigenvalue weighted by Gasteiger charge is 2.27. The molecule has 6 rings (SSSR count). The number of fused-ring (bicyclic) bond motifs is 1. The Morgan fingerprint density at radius 1 is 0.815 bits per heavy atom. The number of nitrogens with one attached hydrogen (secondary N) is 1. The average Bonchev–Trinajstić information content (AvgIpc) is 3.28. The molecular formula is C53H51N. The highest BCUT2D eigenvalue weighted by atomic mass is 14.9. The maximum Gasteiger partial charge on any atom is 0.0384 e. The summed E-state index contributed by atoms with van der Waals surface area (Å²) in [6.07, 6.45) is 37.0. The van der Waals surface area contributed by atoms with Crippen LogP contribution in [-0.4, -0.2) is 0 Å². The second kappa shape index (κ2) is 18.5.